The molecule has 1 unspecified atom stereocenters. The highest BCUT2D eigenvalue weighted by Crippen LogP contribution is 2.50. The Morgan fingerprint density at radius 1 is 1.12 bits per heavy atom. The van der Waals surface area contributed by atoms with E-state index in [-0.39, 0.29) is 39.1 Å². The third kappa shape index (κ3) is 3.78. The first kappa shape index (κ1) is 23.3. The Hall–Kier alpha value is -1.83. The number of anilines is 1. The first-order chi connectivity index (χ1) is 14.8. The molecule has 3 aliphatic rings. The average Bonchev–Trinajstić information content (AvgIpc) is 3.64. The van der Waals surface area contributed by atoms with Crippen LogP contribution in [-0.2, 0) is 10.4 Å². The van der Waals surface area contributed by atoms with E-state index >= 15 is 0 Å². The Bertz CT molecular complexity index is 1080. The zero-order valence-electron chi connectivity index (χ0n) is 17.3. The number of primary amides is 1. The number of fused-ring (bicyclic) bond motifs is 1. The molecule has 1 atom stereocenters. The van der Waals surface area contributed by atoms with Crippen LogP contribution in [0.4, 0.5) is 5.69 Å². The van der Waals surface area contributed by atoms with Crippen LogP contribution < -0.4 is 10.6 Å². The van der Waals surface area contributed by atoms with Gasteiger partial charge in [0.1, 0.15) is 0 Å². The minimum absolute atomic E-state index is 0. The number of hydrogen-bond donors (Lipinski definition) is 2. The van der Waals surface area contributed by atoms with Crippen LogP contribution in [0, 0.1) is 0 Å². The molecule has 3 N–H and O–H groups in total. The van der Waals surface area contributed by atoms with E-state index in [1.54, 1.807) is 24.3 Å². The van der Waals surface area contributed by atoms with Crippen LogP contribution in [0.15, 0.2) is 36.4 Å². The van der Waals surface area contributed by atoms with E-state index in [1.807, 2.05) is 0 Å². The van der Waals surface area contributed by atoms with Crippen molar-refractivity contribution < 1.29 is 14.7 Å². The number of benzene rings is 2. The lowest BCUT2D eigenvalue weighted by Gasteiger charge is -2.27. The summed E-state index contributed by atoms with van der Waals surface area (Å²) < 4.78 is 0. The highest BCUT2D eigenvalue weighted by Gasteiger charge is 2.54. The third-order valence-electron chi connectivity index (χ3n) is 6.44. The zero-order chi connectivity index (χ0) is 21.9. The van der Waals surface area contributed by atoms with Crippen molar-refractivity contribution >= 4 is 53.1 Å². The topological polar surface area (TPSA) is 86.9 Å². The normalized spacial score (nSPS) is 22.1. The van der Waals surface area contributed by atoms with Gasteiger partial charge in [-0.25, -0.2) is 0 Å². The van der Waals surface area contributed by atoms with Crippen LogP contribution in [-0.4, -0.2) is 47.0 Å². The van der Waals surface area contributed by atoms with E-state index in [0.29, 0.717) is 30.9 Å². The molecule has 5 rings (SSSR count). The molecule has 0 radical (unpaired) electrons. The van der Waals surface area contributed by atoms with Crippen LogP contribution in [0.2, 0.25) is 10.0 Å². The smallest absolute Gasteiger partial charge is 0.268 e. The summed E-state index contributed by atoms with van der Waals surface area (Å²) in [5, 5.41) is 12.1. The lowest BCUT2D eigenvalue weighted by atomic mass is 9.87. The number of aliphatic hydroxyl groups is 1. The van der Waals surface area contributed by atoms with Gasteiger partial charge in [-0.05, 0) is 43.9 Å². The zero-order valence-corrected chi connectivity index (χ0v) is 19.6. The lowest BCUT2D eigenvalue weighted by Crippen LogP contribution is -2.45. The maximum atomic E-state index is 13.7. The summed E-state index contributed by atoms with van der Waals surface area (Å²) in [5.41, 5.74) is 4.54. The van der Waals surface area contributed by atoms with Gasteiger partial charge in [-0.2, -0.15) is 0 Å². The highest BCUT2D eigenvalue weighted by molar-refractivity contribution is 6.35. The standard InChI is InChI=1S/C23H23Cl2N3O3.ClH/c24-17-4-2-1-3-16(17)23(31)20-18(25)11-13(21(26)29)12-19(20)28(22(23)30)10-9-27(14-5-6-14)15-7-8-15;/h1-4,11-12,14-15,31H,5-10H2,(H2,26,29);1H. The summed E-state index contributed by atoms with van der Waals surface area (Å²) in [4.78, 5) is 29.5. The number of carbonyl (C=O) groups excluding carboxylic acids is 2. The molecule has 2 aliphatic carbocycles. The monoisotopic (exact) mass is 495 g/mol. The fraction of sp³-hybridized carbons (Fsp3) is 0.391. The summed E-state index contributed by atoms with van der Waals surface area (Å²) in [6.07, 6.45) is 4.73. The number of amides is 2. The molecule has 0 bridgehead atoms. The summed E-state index contributed by atoms with van der Waals surface area (Å²) in [6, 6.07) is 10.8. The maximum absolute atomic E-state index is 13.7. The van der Waals surface area contributed by atoms with Gasteiger partial charge >= 0.3 is 0 Å². The van der Waals surface area contributed by atoms with Crippen LogP contribution >= 0.6 is 35.6 Å². The van der Waals surface area contributed by atoms with Gasteiger partial charge in [-0.15, -0.1) is 12.4 Å². The number of rotatable bonds is 7. The van der Waals surface area contributed by atoms with Crippen molar-refractivity contribution in [1.29, 1.82) is 0 Å². The SMILES string of the molecule is Cl.NC(=O)c1cc(Cl)c2c(c1)N(CCN(C1CC1)C1CC1)C(=O)C2(O)c1ccccc1Cl. The minimum atomic E-state index is -2.04. The summed E-state index contributed by atoms with van der Waals surface area (Å²) in [5.74, 6) is -1.17. The molecule has 6 nitrogen and oxygen atoms in total. The van der Waals surface area contributed by atoms with E-state index in [4.69, 9.17) is 28.9 Å². The molecule has 2 amide bonds. The first-order valence-corrected chi connectivity index (χ1v) is 11.3. The van der Waals surface area contributed by atoms with Gasteiger partial charge in [0.15, 0.2) is 5.60 Å². The van der Waals surface area contributed by atoms with Crippen molar-refractivity contribution in [1.82, 2.24) is 4.90 Å². The first-order valence-electron chi connectivity index (χ1n) is 10.5. The van der Waals surface area contributed by atoms with E-state index < -0.39 is 17.4 Å². The van der Waals surface area contributed by atoms with Crippen molar-refractivity contribution in [3.63, 3.8) is 0 Å². The second-order valence-corrected chi connectivity index (χ2v) is 9.38. The van der Waals surface area contributed by atoms with Gasteiger partial charge in [-0.1, -0.05) is 41.4 Å². The quantitative estimate of drug-likeness (QED) is 0.612. The molecule has 2 fully saturated rings. The molecule has 0 saturated heterocycles. The predicted molar refractivity (Wildman–Crippen MR) is 127 cm³/mol. The van der Waals surface area contributed by atoms with Crippen LogP contribution in [0.3, 0.4) is 0 Å². The Morgan fingerprint density at radius 3 is 2.31 bits per heavy atom. The number of nitrogens with two attached hydrogens (primary N) is 1. The van der Waals surface area contributed by atoms with Crippen molar-refractivity contribution in [2.75, 3.05) is 18.0 Å². The largest absolute Gasteiger partial charge is 0.372 e. The fourth-order valence-electron chi connectivity index (χ4n) is 4.63. The second kappa shape index (κ2) is 8.50. The molecule has 2 aromatic carbocycles. The molecule has 1 heterocycles. The molecule has 9 heteroatoms. The molecule has 1 aliphatic heterocycles. The average molecular weight is 497 g/mol. The van der Waals surface area contributed by atoms with Crippen molar-refractivity contribution in [2.24, 2.45) is 5.73 Å². The predicted octanol–water partition coefficient (Wildman–Crippen LogP) is 3.72. The van der Waals surface area contributed by atoms with Crippen molar-refractivity contribution in [2.45, 2.75) is 43.4 Å². The summed E-state index contributed by atoms with van der Waals surface area (Å²) >= 11 is 12.9. The number of halogens is 3. The highest BCUT2D eigenvalue weighted by atomic mass is 35.5. The number of hydrogen-bond acceptors (Lipinski definition) is 4. The molecular weight excluding hydrogens is 473 g/mol. The van der Waals surface area contributed by atoms with Crippen LogP contribution in [0.25, 0.3) is 0 Å². The van der Waals surface area contributed by atoms with E-state index in [0.717, 1.165) is 0 Å². The molecule has 170 valence electrons. The van der Waals surface area contributed by atoms with Gasteiger partial charge in [0.2, 0.25) is 5.91 Å². The van der Waals surface area contributed by atoms with E-state index in [1.165, 1.54) is 42.7 Å². The lowest BCUT2D eigenvalue weighted by molar-refractivity contribution is -0.132. The second-order valence-electron chi connectivity index (χ2n) is 8.56. The van der Waals surface area contributed by atoms with Crippen LogP contribution in [0.1, 0.15) is 47.2 Å². The Morgan fingerprint density at radius 2 is 1.75 bits per heavy atom. The molecule has 32 heavy (non-hydrogen) atoms. The van der Waals surface area contributed by atoms with Gasteiger partial charge in [-0.3, -0.25) is 14.5 Å². The molecular formula is C23H24Cl3N3O3. The maximum Gasteiger partial charge on any atom is 0.268 e. The molecule has 0 spiro atoms. The molecule has 2 aromatic rings. The fourth-order valence-corrected chi connectivity index (χ4v) is 5.26. The van der Waals surface area contributed by atoms with Crippen molar-refractivity contribution in [3.8, 4) is 0 Å². The third-order valence-corrected chi connectivity index (χ3v) is 7.07. The Balaban J connectivity index is 0.00000245. The summed E-state index contributed by atoms with van der Waals surface area (Å²) in [6.45, 7) is 1.07. The van der Waals surface area contributed by atoms with Gasteiger partial charge in [0.25, 0.3) is 5.91 Å². The van der Waals surface area contributed by atoms with E-state index in [9.17, 15) is 14.7 Å². The van der Waals surface area contributed by atoms with Crippen LogP contribution in [0.5, 0.6) is 0 Å². The van der Waals surface area contributed by atoms with Gasteiger partial charge < -0.3 is 15.7 Å². The van der Waals surface area contributed by atoms with E-state index in [2.05, 4.69) is 4.90 Å². The summed E-state index contributed by atoms with van der Waals surface area (Å²) in [7, 11) is 0. The number of carbonyl (C=O) groups is 2. The Kier molecular flexibility index (Phi) is 6.20. The van der Waals surface area contributed by atoms with Crippen molar-refractivity contribution in [3.05, 3.63) is 63.1 Å². The van der Waals surface area contributed by atoms with Gasteiger partial charge in [0, 0.05) is 46.9 Å². The molecule has 0 aromatic heterocycles. The number of nitrogens with zero attached hydrogens (tertiary/aromatic N) is 2. The van der Waals surface area contributed by atoms with Gasteiger partial charge in [0.05, 0.1) is 10.7 Å². The Labute approximate surface area is 202 Å². The molecule has 2 saturated carbocycles. The minimum Gasteiger partial charge on any atom is -0.372 e.